The predicted molar refractivity (Wildman–Crippen MR) is 108 cm³/mol. The smallest absolute Gasteiger partial charge is 0.255 e. The molecule has 26 heavy (non-hydrogen) atoms. The van der Waals surface area contributed by atoms with Gasteiger partial charge in [-0.05, 0) is 66.2 Å². The highest BCUT2D eigenvalue weighted by molar-refractivity contribution is 9.10. The van der Waals surface area contributed by atoms with Crippen LogP contribution < -0.4 is 15.4 Å². The summed E-state index contributed by atoms with van der Waals surface area (Å²) in [6, 6.07) is 12.3. The van der Waals surface area contributed by atoms with Crippen molar-refractivity contribution in [3.05, 3.63) is 52.5 Å². The van der Waals surface area contributed by atoms with Crippen molar-refractivity contribution in [2.45, 2.75) is 33.8 Å². The van der Waals surface area contributed by atoms with Gasteiger partial charge in [0.05, 0.1) is 10.6 Å². The minimum Gasteiger partial charge on any atom is -0.490 e. The third kappa shape index (κ3) is 5.59. The quantitative estimate of drug-likeness (QED) is 0.686. The van der Waals surface area contributed by atoms with Gasteiger partial charge in [-0.3, -0.25) is 9.59 Å². The minimum absolute atomic E-state index is 0.0507. The number of halogens is 1. The van der Waals surface area contributed by atoms with Crippen molar-refractivity contribution in [1.29, 1.82) is 0 Å². The molecule has 0 aliphatic heterocycles. The normalized spacial score (nSPS) is 10.7. The monoisotopic (exact) mass is 418 g/mol. The zero-order chi connectivity index (χ0) is 19.3. The van der Waals surface area contributed by atoms with Crippen LogP contribution in [0.5, 0.6) is 5.75 Å². The Bertz CT molecular complexity index is 803. The number of carbonyl (C=O) groups excluding carboxylic acids is 2. The van der Waals surface area contributed by atoms with Crippen LogP contribution >= 0.6 is 15.9 Å². The molecule has 0 radical (unpaired) electrons. The van der Waals surface area contributed by atoms with Crippen molar-refractivity contribution in [3.63, 3.8) is 0 Å². The number of anilines is 2. The molecule has 0 aliphatic rings. The molecule has 0 unspecified atom stereocenters. The third-order valence-corrected chi connectivity index (χ3v) is 4.09. The Hall–Kier alpha value is -2.34. The van der Waals surface area contributed by atoms with Crippen LogP contribution in [0.25, 0.3) is 0 Å². The molecule has 2 amide bonds. The molecule has 0 heterocycles. The summed E-state index contributed by atoms with van der Waals surface area (Å²) in [6.07, 6.45) is 0.0507. The molecule has 0 saturated heterocycles. The zero-order valence-electron chi connectivity index (χ0n) is 15.3. The third-order valence-electron chi connectivity index (χ3n) is 3.47. The van der Waals surface area contributed by atoms with Crippen molar-refractivity contribution >= 4 is 39.1 Å². The van der Waals surface area contributed by atoms with E-state index in [1.807, 2.05) is 27.7 Å². The second-order valence-corrected chi connectivity index (χ2v) is 7.35. The highest BCUT2D eigenvalue weighted by Gasteiger charge is 2.12. The summed E-state index contributed by atoms with van der Waals surface area (Å²) >= 11 is 3.43. The Labute approximate surface area is 162 Å². The molecule has 2 aromatic carbocycles. The summed E-state index contributed by atoms with van der Waals surface area (Å²) in [7, 11) is 0. The molecule has 0 aliphatic carbocycles. The van der Waals surface area contributed by atoms with Crippen LogP contribution in [0.15, 0.2) is 46.9 Å². The fourth-order valence-corrected chi connectivity index (χ4v) is 2.63. The Kier molecular flexibility index (Phi) is 6.80. The van der Waals surface area contributed by atoms with Gasteiger partial charge in [-0.2, -0.15) is 0 Å². The highest BCUT2D eigenvalue weighted by Crippen LogP contribution is 2.27. The van der Waals surface area contributed by atoms with Crippen molar-refractivity contribution in [3.8, 4) is 5.75 Å². The molecule has 0 spiro atoms. The van der Waals surface area contributed by atoms with Crippen LogP contribution in [-0.4, -0.2) is 17.9 Å². The molecule has 138 valence electrons. The van der Waals surface area contributed by atoms with E-state index in [1.165, 1.54) is 0 Å². The van der Waals surface area contributed by atoms with Crippen molar-refractivity contribution in [2.24, 2.45) is 5.92 Å². The van der Waals surface area contributed by atoms with Gasteiger partial charge in [-0.25, -0.2) is 0 Å². The second kappa shape index (κ2) is 8.85. The van der Waals surface area contributed by atoms with Crippen LogP contribution in [0, 0.1) is 5.92 Å². The van der Waals surface area contributed by atoms with E-state index in [-0.39, 0.29) is 23.8 Å². The molecule has 0 bridgehead atoms. The maximum atomic E-state index is 12.5. The van der Waals surface area contributed by atoms with Crippen molar-refractivity contribution in [1.82, 2.24) is 0 Å². The second-order valence-electron chi connectivity index (χ2n) is 6.49. The number of benzene rings is 2. The molecule has 6 heteroatoms. The van der Waals surface area contributed by atoms with E-state index in [9.17, 15) is 9.59 Å². The molecule has 0 atom stereocenters. The van der Waals surface area contributed by atoms with Crippen LogP contribution in [0.4, 0.5) is 11.4 Å². The van der Waals surface area contributed by atoms with Crippen molar-refractivity contribution < 1.29 is 14.3 Å². The Balaban J connectivity index is 2.10. The first kappa shape index (κ1) is 20.0. The highest BCUT2D eigenvalue weighted by atomic mass is 79.9. The predicted octanol–water partition coefficient (Wildman–Crippen LogP) is 5.08. The largest absolute Gasteiger partial charge is 0.490 e. The Morgan fingerprint density at radius 3 is 2.19 bits per heavy atom. The molecular weight excluding hydrogens is 396 g/mol. The Morgan fingerprint density at radius 1 is 0.962 bits per heavy atom. The van der Waals surface area contributed by atoms with E-state index in [1.54, 1.807) is 42.5 Å². The number of amides is 2. The lowest BCUT2D eigenvalue weighted by Crippen LogP contribution is -2.18. The summed E-state index contributed by atoms with van der Waals surface area (Å²) < 4.78 is 6.37. The SMILES string of the molecule is CC(C)Oc1ccc(C(=O)Nc2cccc(NC(=O)C(C)C)c2)cc1Br. The summed E-state index contributed by atoms with van der Waals surface area (Å²) in [5.41, 5.74) is 1.75. The fraction of sp³-hybridized carbons (Fsp3) is 0.300. The van der Waals surface area contributed by atoms with Gasteiger partial charge in [0.15, 0.2) is 0 Å². The van der Waals surface area contributed by atoms with Crippen LogP contribution in [0.3, 0.4) is 0 Å². The average Bonchev–Trinajstić information content (AvgIpc) is 2.56. The lowest BCUT2D eigenvalue weighted by atomic mass is 10.2. The molecule has 0 aromatic heterocycles. The summed E-state index contributed by atoms with van der Waals surface area (Å²) in [6.45, 7) is 7.53. The molecule has 0 fully saturated rings. The van der Waals surface area contributed by atoms with Gasteiger partial charge < -0.3 is 15.4 Å². The maximum Gasteiger partial charge on any atom is 0.255 e. The summed E-state index contributed by atoms with van der Waals surface area (Å²) in [5, 5.41) is 5.65. The van der Waals surface area contributed by atoms with Crippen LogP contribution in [0.2, 0.25) is 0 Å². The number of hydrogen-bond acceptors (Lipinski definition) is 3. The lowest BCUT2D eigenvalue weighted by Gasteiger charge is -2.13. The number of nitrogens with one attached hydrogen (secondary N) is 2. The van der Waals surface area contributed by atoms with E-state index < -0.39 is 0 Å². The van der Waals surface area contributed by atoms with Gasteiger partial charge in [0, 0.05) is 22.9 Å². The van der Waals surface area contributed by atoms with Gasteiger partial charge in [0.25, 0.3) is 5.91 Å². The lowest BCUT2D eigenvalue weighted by molar-refractivity contribution is -0.118. The molecule has 2 rings (SSSR count). The van der Waals surface area contributed by atoms with E-state index in [4.69, 9.17) is 4.74 Å². The minimum atomic E-state index is -0.242. The van der Waals surface area contributed by atoms with Gasteiger partial charge >= 0.3 is 0 Å². The fourth-order valence-electron chi connectivity index (χ4n) is 2.16. The first-order valence-electron chi connectivity index (χ1n) is 8.44. The molecule has 0 saturated carbocycles. The summed E-state index contributed by atoms with van der Waals surface area (Å²) in [4.78, 5) is 24.3. The van der Waals surface area contributed by atoms with Crippen LogP contribution in [0.1, 0.15) is 38.1 Å². The maximum absolute atomic E-state index is 12.5. The van der Waals surface area contributed by atoms with Gasteiger partial charge in [-0.15, -0.1) is 0 Å². The topological polar surface area (TPSA) is 67.4 Å². The summed E-state index contributed by atoms with van der Waals surface area (Å²) in [5.74, 6) is 0.263. The molecule has 2 aromatic rings. The molecule has 5 nitrogen and oxygen atoms in total. The zero-order valence-corrected chi connectivity index (χ0v) is 16.9. The van der Waals surface area contributed by atoms with E-state index in [0.717, 1.165) is 4.47 Å². The number of ether oxygens (including phenoxy) is 1. The van der Waals surface area contributed by atoms with Gasteiger partial charge in [-0.1, -0.05) is 19.9 Å². The number of carbonyl (C=O) groups is 2. The number of hydrogen-bond donors (Lipinski definition) is 2. The van der Waals surface area contributed by atoms with E-state index in [0.29, 0.717) is 22.7 Å². The van der Waals surface area contributed by atoms with Gasteiger partial charge in [0.2, 0.25) is 5.91 Å². The van der Waals surface area contributed by atoms with Crippen molar-refractivity contribution in [2.75, 3.05) is 10.6 Å². The number of rotatable bonds is 6. The van der Waals surface area contributed by atoms with E-state index >= 15 is 0 Å². The first-order chi connectivity index (χ1) is 12.3. The Morgan fingerprint density at radius 2 is 1.62 bits per heavy atom. The van der Waals surface area contributed by atoms with E-state index in [2.05, 4.69) is 26.6 Å². The molecular formula is C20H23BrN2O3. The van der Waals surface area contributed by atoms with Crippen LogP contribution in [-0.2, 0) is 4.79 Å². The molecule has 2 N–H and O–H groups in total. The average molecular weight is 419 g/mol. The first-order valence-corrected chi connectivity index (χ1v) is 9.24. The van der Waals surface area contributed by atoms with Gasteiger partial charge in [0.1, 0.15) is 5.75 Å². The standard InChI is InChI=1S/C20H23BrN2O3/c1-12(2)19(24)22-15-6-5-7-16(11-15)23-20(25)14-8-9-18(17(21)10-14)26-13(3)4/h5-13H,1-4H3,(H,22,24)(H,23,25).